The van der Waals surface area contributed by atoms with Crippen molar-refractivity contribution >= 4 is 38.3 Å². The largest absolute Gasteiger partial charge is 0.494 e. The van der Waals surface area contributed by atoms with Crippen molar-refractivity contribution in [1.82, 2.24) is 4.98 Å². The normalized spacial score (nSPS) is 10.7. The number of hydrogen-bond acceptors (Lipinski definition) is 5. The Bertz CT molecular complexity index is 920. The molecule has 0 spiro atoms. The zero-order valence-electron chi connectivity index (χ0n) is 14.8. The van der Waals surface area contributed by atoms with Crippen molar-refractivity contribution in [2.75, 3.05) is 30.9 Å². The Kier molecular flexibility index (Phi) is 4.90. The molecule has 1 aromatic heterocycles. The molecule has 0 aliphatic carbocycles. The van der Waals surface area contributed by atoms with E-state index in [0.29, 0.717) is 0 Å². The van der Waals surface area contributed by atoms with Gasteiger partial charge in [0.2, 0.25) is 5.91 Å². The standard InChI is InChI=1S/C19H21N3O2S/c1-12-7-5-8-14(13(12)2)20-17(23)11-22(3)19-21-18-15(24-4)9-6-10-16(18)25-19/h5-10H,11H2,1-4H3,(H,20,23). The van der Waals surface area contributed by atoms with Crippen LogP contribution in [0.4, 0.5) is 10.8 Å². The third-order valence-electron chi connectivity index (χ3n) is 4.18. The van der Waals surface area contributed by atoms with Crippen LogP contribution in [-0.4, -0.2) is 31.6 Å². The van der Waals surface area contributed by atoms with Crippen LogP contribution in [0.25, 0.3) is 10.2 Å². The Hall–Kier alpha value is -2.60. The molecule has 0 saturated heterocycles. The summed E-state index contributed by atoms with van der Waals surface area (Å²) in [5, 5.41) is 3.77. The molecule has 0 atom stereocenters. The van der Waals surface area contributed by atoms with Gasteiger partial charge in [-0.25, -0.2) is 4.98 Å². The van der Waals surface area contributed by atoms with Gasteiger partial charge < -0.3 is 15.0 Å². The van der Waals surface area contributed by atoms with Gasteiger partial charge in [-0.2, -0.15) is 0 Å². The van der Waals surface area contributed by atoms with Crippen LogP contribution in [0.1, 0.15) is 11.1 Å². The Morgan fingerprint density at radius 1 is 1.24 bits per heavy atom. The van der Waals surface area contributed by atoms with Gasteiger partial charge in [-0.15, -0.1) is 0 Å². The van der Waals surface area contributed by atoms with Gasteiger partial charge in [0.25, 0.3) is 0 Å². The highest BCUT2D eigenvalue weighted by molar-refractivity contribution is 7.22. The van der Waals surface area contributed by atoms with Crippen LogP contribution in [-0.2, 0) is 4.79 Å². The number of hydrogen-bond donors (Lipinski definition) is 1. The summed E-state index contributed by atoms with van der Waals surface area (Å²) in [6.45, 7) is 4.27. The van der Waals surface area contributed by atoms with E-state index >= 15 is 0 Å². The van der Waals surface area contributed by atoms with E-state index in [2.05, 4.69) is 10.3 Å². The van der Waals surface area contributed by atoms with Crippen LogP contribution in [0.2, 0.25) is 0 Å². The summed E-state index contributed by atoms with van der Waals surface area (Å²) in [6, 6.07) is 11.7. The second-order valence-corrected chi connectivity index (χ2v) is 6.96. The predicted octanol–water partition coefficient (Wildman–Crippen LogP) is 4.00. The molecule has 0 radical (unpaired) electrons. The molecule has 2 aromatic carbocycles. The third kappa shape index (κ3) is 3.58. The molecular formula is C19H21N3O2S. The zero-order valence-corrected chi connectivity index (χ0v) is 15.6. The second kappa shape index (κ2) is 7.11. The van der Waals surface area contributed by atoms with Crippen LogP contribution in [0.15, 0.2) is 36.4 Å². The van der Waals surface area contributed by atoms with E-state index in [4.69, 9.17) is 4.74 Å². The molecule has 0 unspecified atom stereocenters. The molecule has 0 bridgehead atoms. The number of fused-ring (bicyclic) bond motifs is 1. The molecule has 1 amide bonds. The Labute approximate surface area is 151 Å². The maximum Gasteiger partial charge on any atom is 0.243 e. The lowest BCUT2D eigenvalue weighted by atomic mass is 10.1. The van der Waals surface area contributed by atoms with Gasteiger partial charge in [0.1, 0.15) is 11.3 Å². The summed E-state index contributed by atoms with van der Waals surface area (Å²) >= 11 is 1.54. The van der Waals surface area contributed by atoms with Crippen molar-refractivity contribution in [3.8, 4) is 5.75 Å². The van der Waals surface area contributed by atoms with Gasteiger partial charge in [0.05, 0.1) is 18.4 Å². The minimum atomic E-state index is -0.0672. The molecule has 25 heavy (non-hydrogen) atoms. The number of amides is 1. The molecule has 1 N–H and O–H groups in total. The van der Waals surface area contributed by atoms with E-state index < -0.39 is 0 Å². The number of likely N-dealkylation sites (N-methyl/N-ethyl adjacent to an activating group) is 1. The molecule has 1 heterocycles. The van der Waals surface area contributed by atoms with Crippen LogP contribution in [0, 0.1) is 13.8 Å². The van der Waals surface area contributed by atoms with Gasteiger partial charge in [0.15, 0.2) is 5.13 Å². The van der Waals surface area contributed by atoms with Gasteiger partial charge >= 0.3 is 0 Å². The number of para-hydroxylation sites is 1. The Morgan fingerprint density at radius 3 is 2.76 bits per heavy atom. The number of benzene rings is 2. The summed E-state index contributed by atoms with van der Waals surface area (Å²) in [6.07, 6.45) is 0. The summed E-state index contributed by atoms with van der Waals surface area (Å²) in [7, 11) is 3.50. The van der Waals surface area contributed by atoms with E-state index in [-0.39, 0.29) is 12.5 Å². The van der Waals surface area contributed by atoms with Crippen molar-refractivity contribution in [3.63, 3.8) is 0 Å². The fourth-order valence-corrected chi connectivity index (χ4v) is 3.54. The highest BCUT2D eigenvalue weighted by atomic mass is 32.1. The van der Waals surface area contributed by atoms with Gasteiger partial charge in [-0.05, 0) is 43.2 Å². The Morgan fingerprint density at radius 2 is 2.00 bits per heavy atom. The Balaban J connectivity index is 1.74. The lowest BCUT2D eigenvalue weighted by molar-refractivity contribution is -0.114. The van der Waals surface area contributed by atoms with E-state index in [1.807, 2.05) is 62.2 Å². The number of anilines is 2. The third-order valence-corrected chi connectivity index (χ3v) is 5.31. The predicted molar refractivity (Wildman–Crippen MR) is 104 cm³/mol. The van der Waals surface area contributed by atoms with E-state index in [1.165, 1.54) is 0 Å². The topological polar surface area (TPSA) is 54.5 Å². The minimum absolute atomic E-state index is 0.0672. The first-order valence-corrected chi connectivity index (χ1v) is 8.82. The number of nitrogens with one attached hydrogen (secondary N) is 1. The zero-order chi connectivity index (χ0) is 18.0. The lowest BCUT2D eigenvalue weighted by Crippen LogP contribution is -2.30. The summed E-state index contributed by atoms with van der Waals surface area (Å²) in [5.74, 6) is 0.677. The lowest BCUT2D eigenvalue weighted by Gasteiger charge is -2.16. The monoisotopic (exact) mass is 355 g/mol. The second-order valence-electron chi connectivity index (χ2n) is 5.96. The molecule has 0 aliphatic rings. The number of rotatable bonds is 5. The number of methoxy groups -OCH3 is 1. The molecule has 0 saturated carbocycles. The first-order valence-electron chi connectivity index (χ1n) is 8.00. The molecular weight excluding hydrogens is 334 g/mol. The van der Waals surface area contributed by atoms with Crippen LogP contribution in [0.5, 0.6) is 5.75 Å². The maximum absolute atomic E-state index is 12.4. The molecule has 130 valence electrons. The molecule has 0 fully saturated rings. The quantitative estimate of drug-likeness (QED) is 0.752. The van der Waals surface area contributed by atoms with Crippen molar-refractivity contribution in [2.24, 2.45) is 0 Å². The first kappa shape index (κ1) is 17.2. The fraction of sp³-hybridized carbons (Fsp3) is 0.263. The fourth-order valence-electron chi connectivity index (χ4n) is 2.60. The summed E-state index contributed by atoms with van der Waals surface area (Å²) in [5.41, 5.74) is 3.92. The molecule has 0 aliphatic heterocycles. The number of aromatic nitrogens is 1. The van der Waals surface area contributed by atoms with Crippen molar-refractivity contribution < 1.29 is 9.53 Å². The van der Waals surface area contributed by atoms with Gasteiger partial charge in [-0.3, -0.25) is 4.79 Å². The van der Waals surface area contributed by atoms with Crippen LogP contribution >= 0.6 is 11.3 Å². The van der Waals surface area contributed by atoms with Crippen LogP contribution in [0.3, 0.4) is 0 Å². The van der Waals surface area contributed by atoms with E-state index in [9.17, 15) is 4.79 Å². The van der Waals surface area contributed by atoms with Crippen LogP contribution < -0.4 is 15.0 Å². The highest BCUT2D eigenvalue weighted by Crippen LogP contribution is 2.33. The number of thiazole rings is 1. The molecule has 3 aromatic rings. The SMILES string of the molecule is COc1cccc2sc(N(C)CC(=O)Nc3cccc(C)c3C)nc12. The first-order chi connectivity index (χ1) is 12.0. The molecule has 6 heteroatoms. The summed E-state index contributed by atoms with van der Waals surface area (Å²) < 4.78 is 6.39. The molecule has 3 rings (SSSR count). The van der Waals surface area contributed by atoms with Crippen molar-refractivity contribution in [3.05, 3.63) is 47.5 Å². The van der Waals surface area contributed by atoms with E-state index in [0.717, 1.165) is 37.9 Å². The smallest absolute Gasteiger partial charge is 0.243 e. The average Bonchev–Trinajstić information content (AvgIpc) is 3.03. The number of nitrogens with zero attached hydrogens (tertiary/aromatic N) is 2. The maximum atomic E-state index is 12.4. The highest BCUT2D eigenvalue weighted by Gasteiger charge is 2.15. The average molecular weight is 355 g/mol. The summed E-state index contributed by atoms with van der Waals surface area (Å²) in [4.78, 5) is 18.9. The molecule has 5 nitrogen and oxygen atoms in total. The number of aryl methyl sites for hydroxylation is 1. The van der Waals surface area contributed by atoms with Gasteiger partial charge in [-0.1, -0.05) is 29.5 Å². The number of carbonyl (C=O) groups excluding carboxylic acids is 1. The minimum Gasteiger partial charge on any atom is -0.494 e. The number of carbonyl (C=O) groups is 1. The van der Waals surface area contributed by atoms with Crippen molar-refractivity contribution in [2.45, 2.75) is 13.8 Å². The van der Waals surface area contributed by atoms with E-state index in [1.54, 1.807) is 18.4 Å². The van der Waals surface area contributed by atoms with Gasteiger partial charge in [0, 0.05) is 12.7 Å². The van der Waals surface area contributed by atoms with Crippen molar-refractivity contribution in [1.29, 1.82) is 0 Å². The number of ether oxygens (including phenoxy) is 1.